The van der Waals surface area contributed by atoms with Gasteiger partial charge in [0.2, 0.25) is 11.9 Å². The van der Waals surface area contributed by atoms with Crippen LogP contribution in [0.15, 0.2) is 30.3 Å². The summed E-state index contributed by atoms with van der Waals surface area (Å²) in [6.07, 6.45) is 0.246. The molecule has 1 amide bonds. The second-order valence-electron chi connectivity index (χ2n) is 7.24. The molecule has 25 heavy (non-hydrogen) atoms. The van der Waals surface area contributed by atoms with E-state index in [1.54, 1.807) is 18.2 Å². The lowest BCUT2D eigenvalue weighted by molar-refractivity contribution is -0.497. The fraction of sp³-hybridized carbons (Fsp3) is 0.412. The third-order valence-corrected chi connectivity index (χ3v) is 4.16. The normalized spacial score (nSPS) is 19.5. The van der Waals surface area contributed by atoms with Gasteiger partial charge in [0.15, 0.2) is 0 Å². The first kappa shape index (κ1) is 17.1. The van der Waals surface area contributed by atoms with Gasteiger partial charge in [0, 0.05) is 22.8 Å². The van der Waals surface area contributed by atoms with E-state index in [1.165, 1.54) is 16.8 Å². The molecule has 2 unspecified atom stereocenters. The molecule has 2 atom stereocenters. The topological polar surface area (TPSA) is 90.1 Å². The van der Waals surface area contributed by atoms with Gasteiger partial charge in [-0.3, -0.25) is 14.9 Å². The Morgan fingerprint density at radius 3 is 2.52 bits per heavy atom. The van der Waals surface area contributed by atoms with Crippen LogP contribution in [-0.2, 0) is 10.2 Å². The van der Waals surface area contributed by atoms with Crippen molar-refractivity contribution in [2.75, 3.05) is 5.32 Å². The van der Waals surface area contributed by atoms with Crippen LogP contribution < -0.4 is 5.32 Å². The highest BCUT2D eigenvalue weighted by atomic mass is 19.1. The van der Waals surface area contributed by atoms with Gasteiger partial charge in [-0.1, -0.05) is 20.8 Å². The molecule has 1 N–H and O–H groups in total. The molecule has 1 aliphatic rings. The summed E-state index contributed by atoms with van der Waals surface area (Å²) >= 11 is 0. The largest absolute Gasteiger partial charge is 0.310 e. The van der Waals surface area contributed by atoms with Crippen molar-refractivity contribution in [2.45, 2.75) is 38.6 Å². The number of amides is 1. The number of anilines is 1. The molecular weight excluding hydrogens is 327 g/mol. The molecular formula is C17H19FN4O3. The van der Waals surface area contributed by atoms with Gasteiger partial charge in [0.1, 0.15) is 17.6 Å². The molecule has 7 nitrogen and oxygen atoms in total. The zero-order valence-corrected chi connectivity index (χ0v) is 14.2. The number of benzene rings is 1. The van der Waals surface area contributed by atoms with Crippen LogP contribution in [0.5, 0.6) is 0 Å². The van der Waals surface area contributed by atoms with Crippen molar-refractivity contribution < 1.29 is 14.1 Å². The molecule has 3 rings (SSSR count). The summed E-state index contributed by atoms with van der Waals surface area (Å²) in [5.74, 6) is -0.977. The number of halogens is 1. The maximum Gasteiger partial charge on any atom is 0.235 e. The van der Waals surface area contributed by atoms with Crippen LogP contribution in [0.1, 0.15) is 32.9 Å². The average Bonchev–Trinajstić information content (AvgIpc) is 3.22. The number of hydrogen-bond donors (Lipinski definition) is 1. The van der Waals surface area contributed by atoms with Crippen LogP contribution in [-0.4, -0.2) is 26.7 Å². The third-order valence-electron chi connectivity index (χ3n) is 4.16. The van der Waals surface area contributed by atoms with E-state index < -0.39 is 22.8 Å². The number of nitrogens with one attached hydrogen (secondary N) is 1. The van der Waals surface area contributed by atoms with Crippen LogP contribution in [0.4, 0.5) is 10.2 Å². The van der Waals surface area contributed by atoms with Crippen LogP contribution >= 0.6 is 0 Å². The van der Waals surface area contributed by atoms with E-state index >= 15 is 0 Å². The van der Waals surface area contributed by atoms with Gasteiger partial charge in [0.25, 0.3) is 0 Å². The molecule has 1 saturated carbocycles. The van der Waals surface area contributed by atoms with Gasteiger partial charge in [-0.25, -0.2) is 9.07 Å². The van der Waals surface area contributed by atoms with Crippen molar-refractivity contribution in [3.8, 4) is 5.69 Å². The summed E-state index contributed by atoms with van der Waals surface area (Å²) in [4.78, 5) is 22.6. The van der Waals surface area contributed by atoms with Crippen molar-refractivity contribution in [1.82, 2.24) is 9.78 Å². The highest BCUT2D eigenvalue weighted by Gasteiger charge is 2.53. The Hall–Kier alpha value is -2.77. The highest BCUT2D eigenvalue weighted by molar-refractivity contribution is 5.94. The number of nitro groups is 1. The van der Waals surface area contributed by atoms with Gasteiger partial charge in [0.05, 0.1) is 11.4 Å². The molecule has 2 aromatic rings. The van der Waals surface area contributed by atoms with Crippen LogP contribution in [0, 0.1) is 21.8 Å². The molecule has 1 aromatic carbocycles. The first-order valence-corrected chi connectivity index (χ1v) is 7.97. The fourth-order valence-electron chi connectivity index (χ4n) is 2.53. The standard InChI is InChI=1S/C17H19FN4O3/c1-17(2,3)14-9-15(19-16(23)12-8-13(12)22(24)25)21(20-14)11-6-4-10(18)5-7-11/h4-7,9,12-13H,8H2,1-3H3,(H,19,23). The zero-order chi connectivity index (χ0) is 18.4. The fourth-order valence-corrected chi connectivity index (χ4v) is 2.53. The predicted octanol–water partition coefficient (Wildman–Crippen LogP) is 2.91. The summed E-state index contributed by atoms with van der Waals surface area (Å²) in [6, 6.07) is 6.66. The molecule has 132 valence electrons. The van der Waals surface area contributed by atoms with E-state index in [0.29, 0.717) is 11.5 Å². The Kier molecular flexibility index (Phi) is 4.06. The molecule has 0 bridgehead atoms. The summed E-state index contributed by atoms with van der Waals surface area (Å²) in [5.41, 5.74) is 1.08. The van der Waals surface area contributed by atoms with Crippen LogP contribution in [0.3, 0.4) is 0 Å². The lowest BCUT2D eigenvalue weighted by Gasteiger charge is -2.14. The molecule has 0 spiro atoms. The first-order valence-electron chi connectivity index (χ1n) is 7.97. The number of nitrogens with zero attached hydrogens (tertiary/aromatic N) is 3. The van der Waals surface area contributed by atoms with E-state index in [-0.39, 0.29) is 17.7 Å². The molecule has 1 aromatic heterocycles. The van der Waals surface area contributed by atoms with E-state index in [0.717, 1.165) is 5.69 Å². The average molecular weight is 346 g/mol. The summed E-state index contributed by atoms with van der Waals surface area (Å²) in [5, 5.41) is 18.0. The highest BCUT2D eigenvalue weighted by Crippen LogP contribution is 2.35. The second-order valence-corrected chi connectivity index (χ2v) is 7.24. The van der Waals surface area contributed by atoms with Crippen molar-refractivity contribution in [2.24, 2.45) is 5.92 Å². The Morgan fingerprint density at radius 2 is 2.00 bits per heavy atom. The molecule has 0 aliphatic heterocycles. The SMILES string of the molecule is CC(C)(C)c1cc(NC(=O)C2CC2[N+](=O)[O-])n(-c2ccc(F)cc2)n1. The van der Waals surface area contributed by atoms with Crippen molar-refractivity contribution >= 4 is 11.7 Å². The monoisotopic (exact) mass is 346 g/mol. The van der Waals surface area contributed by atoms with Gasteiger partial charge in [-0.2, -0.15) is 5.10 Å². The predicted molar refractivity (Wildman–Crippen MR) is 89.7 cm³/mol. The Morgan fingerprint density at radius 1 is 1.36 bits per heavy atom. The van der Waals surface area contributed by atoms with E-state index in [2.05, 4.69) is 10.4 Å². The van der Waals surface area contributed by atoms with E-state index in [4.69, 9.17) is 0 Å². The number of rotatable bonds is 4. The smallest absolute Gasteiger partial charge is 0.235 e. The second kappa shape index (κ2) is 5.94. The third kappa shape index (κ3) is 3.52. The molecule has 0 radical (unpaired) electrons. The Bertz CT molecular complexity index is 823. The van der Waals surface area contributed by atoms with Crippen LogP contribution in [0.2, 0.25) is 0 Å². The molecule has 8 heteroatoms. The maximum atomic E-state index is 13.2. The zero-order valence-electron chi connectivity index (χ0n) is 14.2. The van der Waals surface area contributed by atoms with Crippen LogP contribution in [0.25, 0.3) is 5.69 Å². The van der Waals surface area contributed by atoms with Gasteiger partial charge in [-0.15, -0.1) is 0 Å². The number of aromatic nitrogens is 2. The van der Waals surface area contributed by atoms with E-state index in [9.17, 15) is 19.3 Å². The van der Waals surface area contributed by atoms with Crippen molar-refractivity contribution in [3.05, 3.63) is 52.0 Å². The minimum Gasteiger partial charge on any atom is -0.310 e. The lowest BCUT2D eigenvalue weighted by atomic mass is 9.92. The lowest BCUT2D eigenvalue weighted by Crippen LogP contribution is -2.20. The quantitative estimate of drug-likeness (QED) is 0.681. The number of hydrogen-bond acceptors (Lipinski definition) is 4. The molecule has 1 heterocycles. The Balaban J connectivity index is 1.91. The summed E-state index contributed by atoms with van der Waals surface area (Å²) < 4.78 is 14.7. The van der Waals surface area contributed by atoms with E-state index in [1.807, 2.05) is 20.8 Å². The van der Waals surface area contributed by atoms with Gasteiger partial charge < -0.3 is 5.32 Å². The first-order chi connectivity index (χ1) is 11.7. The Labute approximate surface area is 144 Å². The number of carbonyl (C=O) groups is 1. The van der Waals surface area contributed by atoms with Gasteiger partial charge in [-0.05, 0) is 24.3 Å². The summed E-state index contributed by atoms with van der Waals surface area (Å²) in [6.45, 7) is 5.96. The number of carbonyl (C=O) groups excluding carboxylic acids is 1. The molecule has 1 aliphatic carbocycles. The molecule has 1 fully saturated rings. The van der Waals surface area contributed by atoms with Crippen molar-refractivity contribution in [3.63, 3.8) is 0 Å². The van der Waals surface area contributed by atoms with Gasteiger partial charge >= 0.3 is 0 Å². The minimum atomic E-state index is -0.815. The van der Waals surface area contributed by atoms with Crippen molar-refractivity contribution in [1.29, 1.82) is 0 Å². The summed E-state index contributed by atoms with van der Waals surface area (Å²) in [7, 11) is 0. The maximum absolute atomic E-state index is 13.2. The molecule has 0 saturated heterocycles. The minimum absolute atomic E-state index is 0.246.